The molecule has 0 bridgehead atoms. The Labute approximate surface area is 222 Å². The highest BCUT2D eigenvalue weighted by Gasteiger charge is 2.48. The number of carbonyl (C=O) groups is 2. The summed E-state index contributed by atoms with van der Waals surface area (Å²) in [4.78, 5) is 30.8. The van der Waals surface area contributed by atoms with E-state index in [4.69, 9.17) is 9.72 Å². The maximum Gasteiger partial charge on any atom is 0.394 e. The van der Waals surface area contributed by atoms with Crippen LogP contribution in [0.15, 0.2) is 12.1 Å². The van der Waals surface area contributed by atoms with Gasteiger partial charge in [0.1, 0.15) is 11.9 Å². The summed E-state index contributed by atoms with van der Waals surface area (Å²) in [5.41, 5.74) is 0.0519. The topological polar surface area (TPSA) is 104 Å². The van der Waals surface area contributed by atoms with Crippen molar-refractivity contribution in [3.05, 3.63) is 23.4 Å². The summed E-state index contributed by atoms with van der Waals surface area (Å²) in [6.07, 6.45) is 1.92. The van der Waals surface area contributed by atoms with Crippen LogP contribution in [-0.2, 0) is 27.2 Å². The Morgan fingerprint density at radius 1 is 1.21 bits per heavy atom. The largest absolute Gasteiger partial charge is 0.480 e. The van der Waals surface area contributed by atoms with Crippen LogP contribution in [0, 0.1) is 5.41 Å². The minimum absolute atomic E-state index is 0.0923. The van der Waals surface area contributed by atoms with Crippen molar-refractivity contribution in [1.82, 2.24) is 15.2 Å². The smallest absolute Gasteiger partial charge is 0.394 e. The van der Waals surface area contributed by atoms with Crippen LogP contribution in [0.5, 0.6) is 0 Å². The summed E-state index contributed by atoms with van der Waals surface area (Å²) >= 11 is 0. The van der Waals surface area contributed by atoms with Gasteiger partial charge < -0.3 is 25.4 Å². The Morgan fingerprint density at radius 2 is 1.97 bits per heavy atom. The summed E-state index contributed by atoms with van der Waals surface area (Å²) in [6, 6.07) is 2.96. The van der Waals surface area contributed by atoms with E-state index < -0.39 is 35.9 Å². The van der Waals surface area contributed by atoms with E-state index in [1.165, 1.54) is 5.56 Å². The highest BCUT2D eigenvalue weighted by atomic mass is 19.4. The number of halogens is 3. The minimum atomic E-state index is -4.56. The van der Waals surface area contributed by atoms with Crippen LogP contribution in [0.2, 0.25) is 0 Å². The lowest BCUT2D eigenvalue weighted by atomic mass is 9.88. The average molecular weight is 543 g/mol. The lowest BCUT2D eigenvalue weighted by Crippen LogP contribution is -2.46. The van der Waals surface area contributed by atoms with Gasteiger partial charge in [0.15, 0.2) is 0 Å². The number of carboxylic acid groups (broad SMARTS) is 1. The number of carboxylic acids is 1. The van der Waals surface area contributed by atoms with Gasteiger partial charge in [0.25, 0.3) is 0 Å². The van der Waals surface area contributed by atoms with E-state index in [2.05, 4.69) is 27.7 Å². The summed E-state index contributed by atoms with van der Waals surface area (Å²) in [5.74, 6) is -1.20. The van der Waals surface area contributed by atoms with E-state index >= 15 is 0 Å². The van der Waals surface area contributed by atoms with E-state index in [0.29, 0.717) is 25.8 Å². The van der Waals surface area contributed by atoms with Crippen LogP contribution in [0.25, 0.3) is 0 Å². The Bertz CT molecular complexity index is 937. The number of aromatic nitrogens is 1. The number of nitrogens with one attached hydrogen (secondary N) is 2. The molecular formula is C27H41F3N4O4. The van der Waals surface area contributed by atoms with Crippen molar-refractivity contribution in [2.45, 2.75) is 90.0 Å². The number of ether oxygens (including phenoxy) is 1. The van der Waals surface area contributed by atoms with E-state index in [-0.39, 0.29) is 6.42 Å². The van der Waals surface area contributed by atoms with Crippen LogP contribution in [0.1, 0.15) is 70.1 Å². The van der Waals surface area contributed by atoms with Gasteiger partial charge in [-0.2, -0.15) is 13.2 Å². The molecule has 1 fully saturated rings. The fourth-order valence-corrected chi connectivity index (χ4v) is 4.38. The molecule has 1 aliphatic carbocycles. The number of nitrogens with zero attached hydrogens (tertiary/aromatic N) is 2. The fourth-order valence-electron chi connectivity index (χ4n) is 4.38. The predicted octanol–water partition coefficient (Wildman–Crippen LogP) is 4.18. The lowest BCUT2D eigenvalue weighted by molar-refractivity contribution is -0.213. The van der Waals surface area contributed by atoms with E-state index in [9.17, 15) is 27.9 Å². The van der Waals surface area contributed by atoms with Gasteiger partial charge >= 0.3 is 12.1 Å². The number of amides is 1. The third kappa shape index (κ3) is 9.72. The van der Waals surface area contributed by atoms with Crippen LogP contribution in [0.4, 0.5) is 19.0 Å². The second-order valence-corrected chi connectivity index (χ2v) is 11.0. The van der Waals surface area contributed by atoms with Crippen molar-refractivity contribution >= 4 is 17.7 Å². The van der Waals surface area contributed by atoms with Crippen molar-refractivity contribution in [3.8, 4) is 0 Å². The molecule has 8 nitrogen and oxygen atoms in total. The zero-order chi connectivity index (χ0) is 27.8. The molecule has 1 aromatic heterocycles. The molecule has 214 valence electrons. The monoisotopic (exact) mass is 542 g/mol. The van der Waals surface area contributed by atoms with Crippen molar-refractivity contribution in [3.63, 3.8) is 0 Å². The van der Waals surface area contributed by atoms with Crippen LogP contribution >= 0.6 is 0 Å². The first-order chi connectivity index (χ1) is 17.9. The molecule has 0 aromatic carbocycles. The van der Waals surface area contributed by atoms with Crippen molar-refractivity contribution in [2.24, 2.45) is 5.41 Å². The first kappa shape index (κ1) is 30.1. The maximum atomic E-state index is 13.1. The second kappa shape index (κ2) is 13.6. The maximum absolute atomic E-state index is 13.1. The number of rotatable bonds is 16. The Hall–Kier alpha value is -2.40. The van der Waals surface area contributed by atoms with Gasteiger partial charge in [-0.1, -0.05) is 19.9 Å². The average Bonchev–Trinajstić information content (AvgIpc) is 3.67. The van der Waals surface area contributed by atoms with Crippen molar-refractivity contribution in [1.29, 1.82) is 0 Å². The zero-order valence-corrected chi connectivity index (χ0v) is 22.4. The number of aryl methyl sites for hydroxylation is 2. The first-order valence-electron chi connectivity index (χ1n) is 13.6. The molecule has 1 unspecified atom stereocenters. The lowest BCUT2D eigenvalue weighted by Gasteiger charge is -2.28. The standard InChI is InChI=1S/C27H41F3N4O4/c1-26(2,27(28,29)30)18-23(35)33-22(25(36)37)12-15-34(16-17-38-21-10-11-21)14-4-3-7-20-9-8-19-6-5-13-31-24(19)32-20/h8-9,21-22H,3-7,10-18H2,1-2H3,(H,31,32)(H,33,35)(H,36,37). The first-order valence-corrected chi connectivity index (χ1v) is 13.6. The molecule has 0 saturated heterocycles. The second-order valence-electron chi connectivity index (χ2n) is 11.0. The number of anilines is 1. The van der Waals surface area contributed by atoms with E-state index in [1.54, 1.807) is 0 Å². The Morgan fingerprint density at radius 3 is 2.66 bits per heavy atom. The summed E-state index contributed by atoms with van der Waals surface area (Å²) in [7, 11) is 0. The molecule has 3 rings (SSSR count). The third-order valence-corrected chi connectivity index (χ3v) is 7.13. The molecule has 1 aliphatic heterocycles. The third-order valence-electron chi connectivity index (χ3n) is 7.13. The quantitative estimate of drug-likeness (QED) is 0.269. The molecule has 2 heterocycles. The van der Waals surface area contributed by atoms with Gasteiger partial charge in [-0.05, 0) is 69.5 Å². The normalized spacial score (nSPS) is 16.6. The van der Waals surface area contributed by atoms with Gasteiger partial charge in [0.05, 0.1) is 18.1 Å². The number of hydrogen-bond acceptors (Lipinski definition) is 6. The molecule has 38 heavy (non-hydrogen) atoms. The molecule has 1 aromatic rings. The molecule has 0 radical (unpaired) electrons. The molecule has 1 amide bonds. The van der Waals surface area contributed by atoms with E-state index in [0.717, 1.165) is 83.4 Å². The van der Waals surface area contributed by atoms with Gasteiger partial charge in [-0.15, -0.1) is 0 Å². The summed E-state index contributed by atoms with van der Waals surface area (Å²) < 4.78 is 45.2. The Balaban J connectivity index is 1.47. The van der Waals surface area contributed by atoms with Crippen LogP contribution in [-0.4, -0.2) is 78.0 Å². The van der Waals surface area contributed by atoms with Gasteiger partial charge in [-0.3, -0.25) is 4.79 Å². The summed E-state index contributed by atoms with van der Waals surface area (Å²) in [6.45, 7) is 5.07. The molecule has 1 saturated carbocycles. The number of hydrogen-bond donors (Lipinski definition) is 3. The highest BCUT2D eigenvalue weighted by Crippen LogP contribution is 2.40. The summed E-state index contributed by atoms with van der Waals surface area (Å²) in [5, 5.41) is 15.2. The van der Waals surface area contributed by atoms with Crippen LogP contribution in [0.3, 0.4) is 0 Å². The van der Waals surface area contributed by atoms with Gasteiger partial charge in [-0.25, -0.2) is 9.78 Å². The Kier molecular flexibility index (Phi) is 10.8. The molecule has 1 atom stereocenters. The van der Waals surface area contributed by atoms with Crippen molar-refractivity contribution < 1.29 is 32.6 Å². The molecule has 2 aliphatic rings. The number of unbranched alkanes of at least 4 members (excludes halogenated alkanes) is 1. The van der Waals surface area contributed by atoms with E-state index in [1.807, 2.05) is 0 Å². The van der Waals surface area contributed by atoms with Crippen LogP contribution < -0.4 is 10.6 Å². The zero-order valence-electron chi connectivity index (χ0n) is 22.4. The molecule has 3 N–H and O–H groups in total. The number of alkyl halides is 3. The number of carbonyl (C=O) groups excluding carboxylic acids is 1. The number of pyridine rings is 1. The highest BCUT2D eigenvalue weighted by molar-refractivity contribution is 5.83. The molecule has 11 heteroatoms. The van der Waals surface area contributed by atoms with Crippen molar-refractivity contribution in [2.75, 3.05) is 38.1 Å². The molecular weight excluding hydrogens is 501 g/mol. The van der Waals surface area contributed by atoms with Gasteiger partial charge in [0, 0.05) is 31.7 Å². The number of fused-ring (bicyclic) bond motifs is 1. The SMILES string of the molecule is CC(C)(CC(=O)NC(CCN(CCCCc1ccc2c(n1)NCCC2)CCOC1CC1)C(=O)O)C(F)(F)F. The minimum Gasteiger partial charge on any atom is -0.480 e. The number of aliphatic carboxylic acids is 1. The predicted molar refractivity (Wildman–Crippen MR) is 138 cm³/mol. The molecule has 0 spiro atoms. The fraction of sp³-hybridized carbons (Fsp3) is 0.741. The van der Waals surface area contributed by atoms with Gasteiger partial charge in [0.2, 0.25) is 5.91 Å².